The van der Waals surface area contributed by atoms with Crippen molar-refractivity contribution in [1.82, 2.24) is 0 Å². The zero-order valence-electron chi connectivity index (χ0n) is 7.11. The van der Waals surface area contributed by atoms with Gasteiger partial charge in [-0.25, -0.2) is 0 Å². The van der Waals surface area contributed by atoms with Crippen molar-refractivity contribution in [3.05, 3.63) is 24.0 Å². The molecule has 14 heavy (non-hydrogen) atoms. The lowest BCUT2D eigenvalue weighted by Crippen LogP contribution is -1.81. The topological polar surface area (TPSA) is 0 Å². The van der Waals surface area contributed by atoms with Crippen molar-refractivity contribution in [3.8, 4) is 0 Å². The molecule has 1 aromatic carbocycles. The molecule has 6 heteroatoms. The van der Waals surface area contributed by atoms with Crippen molar-refractivity contribution in [3.63, 3.8) is 0 Å². The van der Waals surface area contributed by atoms with Gasteiger partial charge in [-0.05, 0) is 69.8 Å². The molecule has 0 aliphatic carbocycles. The quantitative estimate of drug-likeness (QED) is 0.354. The van der Waals surface area contributed by atoms with Crippen LogP contribution in [0.15, 0.2) is 28.9 Å². The van der Waals surface area contributed by atoms with Gasteiger partial charge in [0.25, 0.3) is 0 Å². The molecule has 0 aliphatic rings. The van der Waals surface area contributed by atoms with Crippen LogP contribution in [0, 0.1) is 0 Å². The molecular formula is C8H6Br4S2. The maximum Gasteiger partial charge on any atom is 0.0490 e. The molecule has 0 bridgehead atoms. The van der Waals surface area contributed by atoms with Gasteiger partial charge in [-0.3, -0.25) is 0 Å². The van der Waals surface area contributed by atoms with Gasteiger partial charge in [0, 0.05) is 28.5 Å². The molecule has 0 aromatic heterocycles. The van der Waals surface area contributed by atoms with E-state index in [1.165, 1.54) is 4.90 Å². The Labute approximate surface area is 125 Å². The van der Waals surface area contributed by atoms with Crippen LogP contribution in [0.25, 0.3) is 0 Å². The Kier molecular flexibility index (Phi) is 6.50. The first-order valence-corrected chi connectivity index (χ1v) is 9.19. The third kappa shape index (κ3) is 3.42. The van der Waals surface area contributed by atoms with Crippen LogP contribution in [-0.4, -0.2) is 5.75 Å². The molecular weight excluding hydrogens is 480 g/mol. The summed E-state index contributed by atoms with van der Waals surface area (Å²) in [6.07, 6.45) is 0. The molecule has 78 valence electrons. The summed E-state index contributed by atoms with van der Waals surface area (Å²) in [5.74, 6) is 1.09. The van der Waals surface area contributed by atoms with Crippen molar-refractivity contribution in [1.29, 1.82) is 0 Å². The lowest BCUT2D eigenvalue weighted by atomic mass is 10.4. The summed E-state index contributed by atoms with van der Waals surface area (Å²) in [6.45, 7) is 2.15. The molecule has 0 N–H and O–H groups in total. The van der Waals surface area contributed by atoms with Crippen LogP contribution in [0.2, 0.25) is 0 Å². The molecule has 1 aromatic rings. The standard InChI is InChI=1S/C8H6Br4S2/c1-2-13-14-8-6(11)4(9)3-5(10)7(8)12/h3H,2H2,1H3. The fraction of sp³-hybridized carbons (Fsp3) is 0.250. The molecule has 0 atom stereocenters. The van der Waals surface area contributed by atoms with Gasteiger partial charge in [0.2, 0.25) is 0 Å². The molecule has 0 amide bonds. The second kappa shape index (κ2) is 6.55. The van der Waals surface area contributed by atoms with Crippen molar-refractivity contribution < 1.29 is 0 Å². The lowest BCUT2D eigenvalue weighted by molar-refractivity contribution is 1.32. The maximum atomic E-state index is 3.56. The fourth-order valence-electron chi connectivity index (χ4n) is 0.742. The average molecular weight is 486 g/mol. The first-order valence-electron chi connectivity index (χ1n) is 3.70. The molecule has 0 unspecified atom stereocenters. The van der Waals surface area contributed by atoms with Gasteiger partial charge in [0.1, 0.15) is 0 Å². The van der Waals surface area contributed by atoms with Gasteiger partial charge >= 0.3 is 0 Å². The summed E-state index contributed by atoms with van der Waals surface area (Å²) in [5, 5.41) is 0. The summed E-state index contributed by atoms with van der Waals surface area (Å²) in [5.41, 5.74) is 0. The van der Waals surface area contributed by atoms with Crippen molar-refractivity contribution in [2.24, 2.45) is 0 Å². The monoisotopic (exact) mass is 482 g/mol. The van der Waals surface area contributed by atoms with E-state index in [1.54, 1.807) is 10.8 Å². The number of rotatable bonds is 3. The summed E-state index contributed by atoms with van der Waals surface area (Å²) in [4.78, 5) is 1.21. The first-order chi connectivity index (χ1) is 6.57. The van der Waals surface area contributed by atoms with Crippen LogP contribution >= 0.6 is 85.3 Å². The van der Waals surface area contributed by atoms with Gasteiger partial charge in [-0.15, -0.1) is 0 Å². The van der Waals surface area contributed by atoms with Crippen LogP contribution < -0.4 is 0 Å². The average Bonchev–Trinajstić information content (AvgIpc) is 2.15. The largest absolute Gasteiger partial charge is 0.0892 e. The summed E-state index contributed by atoms with van der Waals surface area (Å²) in [7, 11) is 3.59. The number of benzene rings is 1. The minimum atomic E-state index is 1.06. The van der Waals surface area contributed by atoms with E-state index in [-0.39, 0.29) is 0 Å². The van der Waals surface area contributed by atoms with Gasteiger partial charge < -0.3 is 0 Å². The fourth-order valence-corrected chi connectivity index (χ4v) is 6.00. The first kappa shape index (κ1) is 13.9. The normalized spacial score (nSPS) is 10.6. The Bertz CT molecular complexity index is 314. The molecule has 0 fully saturated rings. The SMILES string of the molecule is CCSSc1c(Br)c(Br)cc(Br)c1Br. The summed E-state index contributed by atoms with van der Waals surface area (Å²) < 4.78 is 4.32. The number of halogens is 4. The summed E-state index contributed by atoms with van der Waals surface area (Å²) >= 11 is 14.1. The zero-order valence-corrected chi connectivity index (χ0v) is 15.1. The second-order valence-corrected chi connectivity index (χ2v) is 8.18. The predicted octanol–water partition coefficient (Wildman–Crippen LogP) is 6.50. The Morgan fingerprint density at radius 3 is 2.00 bits per heavy atom. The molecule has 1 rings (SSSR count). The third-order valence-electron chi connectivity index (χ3n) is 1.33. The lowest BCUT2D eigenvalue weighted by Gasteiger charge is -2.09. The molecule has 0 radical (unpaired) electrons. The van der Waals surface area contributed by atoms with E-state index in [2.05, 4.69) is 70.6 Å². The molecule has 0 nitrogen and oxygen atoms in total. The maximum absolute atomic E-state index is 3.56. The van der Waals surface area contributed by atoms with Gasteiger partial charge in [-0.1, -0.05) is 28.5 Å². The second-order valence-electron chi connectivity index (χ2n) is 2.29. The number of hydrogen-bond donors (Lipinski definition) is 0. The zero-order chi connectivity index (χ0) is 10.7. The van der Waals surface area contributed by atoms with Crippen LogP contribution in [0.4, 0.5) is 0 Å². The van der Waals surface area contributed by atoms with Crippen molar-refractivity contribution in [2.45, 2.75) is 11.8 Å². The Balaban J connectivity index is 3.11. The molecule has 0 saturated heterocycles. The Hall–Kier alpha value is 1.84. The third-order valence-corrected chi connectivity index (χ3v) is 8.31. The van der Waals surface area contributed by atoms with Gasteiger partial charge in [-0.2, -0.15) is 0 Å². The van der Waals surface area contributed by atoms with E-state index in [1.807, 2.05) is 16.9 Å². The molecule has 0 saturated carbocycles. The van der Waals surface area contributed by atoms with E-state index in [0.29, 0.717) is 0 Å². The van der Waals surface area contributed by atoms with E-state index in [9.17, 15) is 0 Å². The van der Waals surface area contributed by atoms with E-state index in [4.69, 9.17) is 0 Å². The van der Waals surface area contributed by atoms with Gasteiger partial charge in [0.15, 0.2) is 0 Å². The highest BCUT2D eigenvalue weighted by Gasteiger charge is 2.12. The number of hydrogen-bond acceptors (Lipinski definition) is 2. The Morgan fingerprint density at radius 1 is 1.07 bits per heavy atom. The molecule has 0 spiro atoms. The Morgan fingerprint density at radius 2 is 1.57 bits per heavy atom. The molecule has 0 aliphatic heterocycles. The van der Waals surface area contributed by atoms with Crippen LogP contribution in [-0.2, 0) is 0 Å². The van der Waals surface area contributed by atoms with Crippen LogP contribution in [0.5, 0.6) is 0 Å². The minimum absolute atomic E-state index is 1.06. The van der Waals surface area contributed by atoms with E-state index < -0.39 is 0 Å². The van der Waals surface area contributed by atoms with E-state index >= 15 is 0 Å². The predicted molar refractivity (Wildman–Crippen MR) is 81.2 cm³/mol. The van der Waals surface area contributed by atoms with Crippen molar-refractivity contribution in [2.75, 3.05) is 5.75 Å². The highest BCUT2D eigenvalue weighted by Crippen LogP contribution is 2.46. The minimum Gasteiger partial charge on any atom is -0.0892 e. The highest BCUT2D eigenvalue weighted by molar-refractivity contribution is 9.14. The van der Waals surface area contributed by atoms with Crippen LogP contribution in [0.1, 0.15) is 6.92 Å². The highest BCUT2D eigenvalue weighted by atomic mass is 79.9. The molecule has 0 heterocycles. The van der Waals surface area contributed by atoms with E-state index in [0.717, 1.165) is 23.6 Å². The van der Waals surface area contributed by atoms with Gasteiger partial charge in [0.05, 0.1) is 0 Å². The van der Waals surface area contributed by atoms with Crippen molar-refractivity contribution >= 4 is 85.3 Å². The summed E-state index contributed by atoms with van der Waals surface area (Å²) in [6, 6.07) is 2.02. The van der Waals surface area contributed by atoms with Crippen LogP contribution in [0.3, 0.4) is 0 Å². The smallest absolute Gasteiger partial charge is 0.0490 e.